The van der Waals surface area contributed by atoms with Gasteiger partial charge in [-0.2, -0.15) is 10.1 Å². The summed E-state index contributed by atoms with van der Waals surface area (Å²) in [4.78, 5) is 15.9. The highest BCUT2D eigenvalue weighted by Gasteiger charge is 2.11. The van der Waals surface area contributed by atoms with Crippen LogP contribution in [0.3, 0.4) is 0 Å². The summed E-state index contributed by atoms with van der Waals surface area (Å²) in [5.41, 5.74) is 7.97. The number of carbonyl (C=O) groups excluding carboxylic acids is 1. The summed E-state index contributed by atoms with van der Waals surface area (Å²) in [6.07, 6.45) is 0.530. The molecule has 0 saturated carbocycles. The SMILES string of the molecule is Cc1nc(CCNC(=O)Cn2nc(C)c(N)c2C)no1. The normalized spacial score (nSPS) is 10.8. The minimum absolute atomic E-state index is 0.129. The van der Waals surface area contributed by atoms with Crippen molar-refractivity contribution in [3.63, 3.8) is 0 Å². The molecule has 0 radical (unpaired) electrons. The Bertz CT molecular complexity index is 615. The average Bonchev–Trinajstić information content (AvgIpc) is 2.90. The molecule has 0 aromatic carbocycles. The number of aromatic nitrogens is 4. The standard InChI is InChI=1S/C12H18N6O2/c1-7-12(13)8(2)18(16-7)6-11(19)14-5-4-10-15-9(3)20-17-10/h4-6,13H2,1-3H3,(H,14,19). The number of nitrogen functional groups attached to an aromatic ring is 1. The van der Waals surface area contributed by atoms with Crippen molar-refractivity contribution >= 4 is 11.6 Å². The lowest BCUT2D eigenvalue weighted by molar-refractivity contribution is -0.121. The number of rotatable bonds is 5. The number of nitrogens with zero attached hydrogens (tertiary/aromatic N) is 4. The van der Waals surface area contributed by atoms with E-state index in [2.05, 4.69) is 20.6 Å². The molecule has 2 rings (SSSR count). The van der Waals surface area contributed by atoms with Crippen LogP contribution in [-0.4, -0.2) is 32.4 Å². The van der Waals surface area contributed by atoms with Crippen LogP contribution < -0.4 is 11.1 Å². The van der Waals surface area contributed by atoms with E-state index in [0.29, 0.717) is 30.4 Å². The Balaban J connectivity index is 1.82. The monoisotopic (exact) mass is 278 g/mol. The molecule has 0 fully saturated rings. The van der Waals surface area contributed by atoms with Gasteiger partial charge in [0.2, 0.25) is 11.8 Å². The Labute approximate surface area is 116 Å². The number of carbonyl (C=O) groups is 1. The van der Waals surface area contributed by atoms with Gasteiger partial charge in [0.25, 0.3) is 0 Å². The molecule has 8 heteroatoms. The topological polar surface area (TPSA) is 112 Å². The van der Waals surface area contributed by atoms with Crippen molar-refractivity contribution in [3.05, 3.63) is 23.1 Å². The third-order valence-electron chi connectivity index (χ3n) is 2.97. The molecule has 0 aliphatic rings. The van der Waals surface area contributed by atoms with Crippen molar-refractivity contribution < 1.29 is 9.32 Å². The summed E-state index contributed by atoms with van der Waals surface area (Å²) in [7, 11) is 0. The second-order valence-corrected chi connectivity index (χ2v) is 4.57. The van der Waals surface area contributed by atoms with E-state index < -0.39 is 0 Å². The summed E-state index contributed by atoms with van der Waals surface area (Å²) >= 11 is 0. The van der Waals surface area contributed by atoms with E-state index in [1.807, 2.05) is 13.8 Å². The van der Waals surface area contributed by atoms with E-state index in [-0.39, 0.29) is 12.5 Å². The summed E-state index contributed by atoms with van der Waals surface area (Å²) in [6.45, 7) is 5.98. The number of hydrogen-bond donors (Lipinski definition) is 2. The van der Waals surface area contributed by atoms with E-state index in [1.54, 1.807) is 11.6 Å². The fourth-order valence-corrected chi connectivity index (χ4v) is 1.81. The van der Waals surface area contributed by atoms with Gasteiger partial charge in [0.1, 0.15) is 6.54 Å². The number of aryl methyl sites for hydroxylation is 2. The molecule has 0 aliphatic carbocycles. The van der Waals surface area contributed by atoms with Gasteiger partial charge < -0.3 is 15.6 Å². The van der Waals surface area contributed by atoms with Crippen LogP contribution in [0.4, 0.5) is 5.69 Å². The van der Waals surface area contributed by atoms with Crippen LogP contribution >= 0.6 is 0 Å². The van der Waals surface area contributed by atoms with Crippen LogP contribution in [0.1, 0.15) is 23.1 Å². The highest BCUT2D eigenvalue weighted by atomic mass is 16.5. The molecule has 0 atom stereocenters. The summed E-state index contributed by atoms with van der Waals surface area (Å²) < 4.78 is 6.44. The van der Waals surface area contributed by atoms with Crippen LogP contribution in [0.5, 0.6) is 0 Å². The predicted octanol–water partition coefficient (Wildman–Crippen LogP) is 0.132. The molecule has 0 saturated heterocycles. The Morgan fingerprint density at radius 3 is 2.70 bits per heavy atom. The van der Waals surface area contributed by atoms with E-state index in [4.69, 9.17) is 10.3 Å². The number of amides is 1. The minimum Gasteiger partial charge on any atom is -0.396 e. The highest BCUT2D eigenvalue weighted by Crippen LogP contribution is 2.14. The Kier molecular flexibility index (Phi) is 4.02. The van der Waals surface area contributed by atoms with Crippen molar-refractivity contribution in [3.8, 4) is 0 Å². The lowest BCUT2D eigenvalue weighted by atomic mass is 10.3. The molecule has 0 spiro atoms. The first kappa shape index (κ1) is 14.0. The van der Waals surface area contributed by atoms with Crippen LogP contribution in [0.15, 0.2) is 4.52 Å². The van der Waals surface area contributed by atoms with Crippen LogP contribution in [-0.2, 0) is 17.8 Å². The smallest absolute Gasteiger partial charge is 0.241 e. The minimum atomic E-state index is -0.129. The second-order valence-electron chi connectivity index (χ2n) is 4.57. The number of nitrogens with two attached hydrogens (primary N) is 1. The summed E-state index contributed by atoms with van der Waals surface area (Å²) in [5.74, 6) is 0.971. The van der Waals surface area contributed by atoms with Gasteiger partial charge in [-0.25, -0.2) is 0 Å². The molecule has 0 unspecified atom stereocenters. The second kappa shape index (κ2) is 5.72. The van der Waals surface area contributed by atoms with Gasteiger partial charge >= 0.3 is 0 Å². The lowest BCUT2D eigenvalue weighted by Gasteiger charge is -2.05. The maximum Gasteiger partial charge on any atom is 0.241 e. The molecule has 0 aliphatic heterocycles. The van der Waals surface area contributed by atoms with Crippen LogP contribution in [0.2, 0.25) is 0 Å². The van der Waals surface area contributed by atoms with Crippen molar-refractivity contribution in [2.24, 2.45) is 0 Å². The Morgan fingerprint density at radius 1 is 1.40 bits per heavy atom. The van der Waals surface area contributed by atoms with Crippen molar-refractivity contribution in [2.45, 2.75) is 33.7 Å². The van der Waals surface area contributed by atoms with Crippen LogP contribution in [0.25, 0.3) is 0 Å². The van der Waals surface area contributed by atoms with Gasteiger partial charge in [-0.05, 0) is 13.8 Å². The van der Waals surface area contributed by atoms with Crippen LogP contribution in [0, 0.1) is 20.8 Å². The highest BCUT2D eigenvalue weighted by molar-refractivity contribution is 5.75. The number of hydrogen-bond acceptors (Lipinski definition) is 6. The molecule has 108 valence electrons. The number of nitrogens with one attached hydrogen (secondary N) is 1. The number of anilines is 1. The third-order valence-corrected chi connectivity index (χ3v) is 2.97. The first-order valence-corrected chi connectivity index (χ1v) is 6.32. The zero-order chi connectivity index (χ0) is 14.7. The summed E-state index contributed by atoms with van der Waals surface area (Å²) in [6, 6.07) is 0. The van der Waals surface area contributed by atoms with Gasteiger partial charge in [0, 0.05) is 19.9 Å². The fourth-order valence-electron chi connectivity index (χ4n) is 1.81. The van der Waals surface area contributed by atoms with Crippen molar-refractivity contribution in [1.82, 2.24) is 25.2 Å². The molecule has 2 aromatic heterocycles. The van der Waals surface area contributed by atoms with Gasteiger partial charge in [0.05, 0.1) is 17.1 Å². The first-order valence-electron chi connectivity index (χ1n) is 6.32. The molecule has 2 aromatic rings. The maximum atomic E-state index is 11.8. The molecule has 20 heavy (non-hydrogen) atoms. The lowest BCUT2D eigenvalue weighted by Crippen LogP contribution is -2.30. The average molecular weight is 278 g/mol. The third kappa shape index (κ3) is 3.14. The molecule has 1 amide bonds. The van der Waals surface area contributed by atoms with Crippen molar-refractivity contribution in [2.75, 3.05) is 12.3 Å². The molecule has 8 nitrogen and oxygen atoms in total. The molecule has 0 bridgehead atoms. The largest absolute Gasteiger partial charge is 0.396 e. The van der Waals surface area contributed by atoms with E-state index in [9.17, 15) is 4.79 Å². The zero-order valence-corrected chi connectivity index (χ0v) is 11.8. The molecule has 3 N–H and O–H groups in total. The zero-order valence-electron chi connectivity index (χ0n) is 11.8. The molecular formula is C12H18N6O2. The Morgan fingerprint density at radius 2 is 2.15 bits per heavy atom. The van der Waals surface area contributed by atoms with E-state index >= 15 is 0 Å². The first-order chi connectivity index (χ1) is 9.47. The fraction of sp³-hybridized carbons (Fsp3) is 0.500. The summed E-state index contributed by atoms with van der Waals surface area (Å²) in [5, 5.41) is 10.7. The molecule has 2 heterocycles. The Hall–Kier alpha value is -2.38. The molecular weight excluding hydrogens is 260 g/mol. The maximum absolute atomic E-state index is 11.8. The van der Waals surface area contributed by atoms with Gasteiger partial charge in [-0.3, -0.25) is 9.48 Å². The van der Waals surface area contributed by atoms with Crippen molar-refractivity contribution in [1.29, 1.82) is 0 Å². The van der Waals surface area contributed by atoms with E-state index in [1.165, 1.54) is 0 Å². The van der Waals surface area contributed by atoms with Gasteiger partial charge in [-0.15, -0.1) is 0 Å². The van der Waals surface area contributed by atoms with E-state index in [0.717, 1.165) is 11.4 Å². The van der Waals surface area contributed by atoms with Gasteiger partial charge in [0.15, 0.2) is 5.82 Å². The quantitative estimate of drug-likeness (QED) is 0.804. The predicted molar refractivity (Wildman–Crippen MR) is 71.9 cm³/mol. The van der Waals surface area contributed by atoms with Gasteiger partial charge in [-0.1, -0.05) is 5.16 Å².